The number of ether oxygens (including phenoxy) is 2. The van der Waals surface area contributed by atoms with Crippen LogP contribution in [0.5, 0.6) is 5.88 Å². The Labute approximate surface area is 110 Å². The number of methoxy groups -OCH3 is 1. The number of rotatable bonds is 3. The Balaban J connectivity index is 1.91. The van der Waals surface area contributed by atoms with Gasteiger partial charge in [0.15, 0.2) is 5.82 Å². The quantitative estimate of drug-likeness (QED) is 0.802. The van der Waals surface area contributed by atoms with Crippen molar-refractivity contribution in [2.45, 2.75) is 0 Å². The van der Waals surface area contributed by atoms with E-state index in [9.17, 15) is 0 Å². The van der Waals surface area contributed by atoms with Crippen LogP contribution >= 0.6 is 0 Å². The fourth-order valence-electron chi connectivity index (χ4n) is 2.04. The first-order valence-electron chi connectivity index (χ1n) is 6.11. The van der Waals surface area contributed by atoms with Gasteiger partial charge in [0, 0.05) is 25.2 Å². The van der Waals surface area contributed by atoms with E-state index in [1.165, 1.54) is 0 Å². The summed E-state index contributed by atoms with van der Waals surface area (Å²) in [5, 5.41) is 4.20. The van der Waals surface area contributed by atoms with Gasteiger partial charge in [0.05, 0.1) is 26.5 Å². The van der Waals surface area contributed by atoms with Gasteiger partial charge in [0.1, 0.15) is 12.1 Å². The molecular weight excluding hydrogens is 246 g/mol. The minimum absolute atomic E-state index is 0.645. The predicted molar refractivity (Wildman–Crippen MR) is 68.7 cm³/mol. The monoisotopic (exact) mass is 261 g/mol. The number of hydrogen-bond acceptors (Lipinski definition) is 6. The average molecular weight is 261 g/mol. The molecule has 1 saturated heterocycles. The zero-order chi connectivity index (χ0) is 13.1. The average Bonchev–Trinajstić information content (AvgIpc) is 2.97. The number of morpholine rings is 1. The highest BCUT2D eigenvalue weighted by atomic mass is 16.5. The Morgan fingerprint density at radius 3 is 2.79 bits per heavy atom. The normalized spacial score (nSPS) is 15.5. The van der Waals surface area contributed by atoms with Crippen molar-refractivity contribution in [3.8, 4) is 11.7 Å². The Morgan fingerprint density at radius 1 is 1.21 bits per heavy atom. The van der Waals surface area contributed by atoms with Gasteiger partial charge in [-0.2, -0.15) is 9.78 Å². The van der Waals surface area contributed by atoms with E-state index in [2.05, 4.69) is 20.0 Å². The van der Waals surface area contributed by atoms with Crippen molar-refractivity contribution in [1.82, 2.24) is 19.7 Å². The van der Waals surface area contributed by atoms with Crippen LogP contribution in [0.4, 0.5) is 5.82 Å². The summed E-state index contributed by atoms with van der Waals surface area (Å²) in [6.45, 7) is 3.13. The molecule has 1 fully saturated rings. The molecule has 0 atom stereocenters. The van der Waals surface area contributed by atoms with E-state index in [4.69, 9.17) is 9.47 Å². The van der Waals surface area contributed by atoms with Gasteiger partial charge in [-0.15, -0.1) is 0 Å². The topological polar surface area (TPSA) is 65.3 Å². The van der Waals surface area contributed by atoms with Crippen molar-refractivity contribution in [3.63, 3.8) is 0 Å². The zero-order valence-electron chi connectivity index (χ0n) is 10.7. The second kappa shape index (κ2) is 5.23. The molecule has 1 aliphatic heterocycles. The van der Waals surface area contributed by atoms with Gasteiger partial charge >= 0.3 is 0 Å². The molecule has 0 aromatic carbocycles. The molecule has 0 radical (unpaired) electrons. The lowest BCUT2D eigenvalue weighted by atomic mass is 10.4. The molecule has 7 heteroatoms. The second-order valence-electron chi connectivity index (χ2n) is 4.12. The SMILES string of the molecule is COc1ccnn1-c1cc(N2CCOCC2)ncn1. The molecule has 100 valence electrons. The van der Waals surface area contributed by atoms with Gasteiger partial charge in [-0.1, -0.05) is 0 Å². The largest absolute Gasteiger partial charge is 0.481 e. The summed E-state index contributed by atoms with van der Waals surface area (Å²) in [6, 6.07) is 3.69. The van der Waals surface area contributed by atoms with Crippen LogP contribution in [0.15, 0.2) is 24.7 Å². The van der Waals surface area contributed by atoms with E-state index in [0.717, 1.165) is 32.1 Å². The van der Waals surface area contributed by atoms with Gasteiger partial charge in [0.25, 0.3) is 0 Å². The lowest BCUT2D eigenvalue weighted by Crippen LogP contribution is -2.36. The van der Waals surface area contributed by atoms with Crippen LogP contribution in [0.3, 0.4) is 0 Å². The molecule has 3 rings (SSSR count). The number of nitrogens with zero attached hydrogens (tertiary/aromatic N) is 5. The third kappa shape index (κ3) is 2.37. The number of hydrogen-bond donors (Lipinski definition) is 0. The summed E-state index contributed by atoms with van der Waals surface area (Å²) in [5.74, 6) is 2.22. The maximum absolute atomic E-state index is 5.34. The standard InChI is InChI=1S/C12H15N5O2/c1-18-12-2-3-15-17(12)11-8-10(13-9-14-11)16-4-6-19-7-5-16/h2-3,8-9H,4-7H2,1H3. The van der Waals surface area contributed by atoms with Gasteiger partial charge < -0.3 is 14.4 Å². The highest BCUT2D eigenvalue weighted by Gasteiger charge is 2.14. The minimum atomic E-state index is 0.645. The van der Waals surface area contributed by atoms with E-state index < -0.39 is 0 Å². The number of aromatic nitrogens is 4. The molecule has 0 N–H and O–H groups in total. The number of anilines is 1. The highest BCUT2D eigenvalue weighted by molar-refractivity contribution is 5.44. The lowest BCUT2D eigenvalue weighted by molar-refractivity contribution is 0.122. The van der Waals surface area contributed by atoms with Crippen molar-refractivity contribution >= 4 is 5.82 Å². The molecule has 0 spiro atoms. The van der Waals surface area contributed by atoms with Crippen molar-refractivity contribution < 1.29 is 9.47 Å². The molecule has 0 unspecified atom stereocenters. The lowest BCUT2D eigenvalue weighted by Gasteiger charge is -2.27. The maximum atomic E-state index is 5.34. The summed E-state index contributed by atoms with van der Waals surface area (Å²) >= 11 is 0. The summed E-state index contributed by atoms with van der Waals surface area (Å²) in [5.41, 5.74) is 0. The third-order valence-corrected chi connectivity index (χ3v) is 3.01. The second-order valence-corrected chi connectivity index (χ2v) is 4.12. The first kappa shape index (κ1) is 11.9. The van der Waals surface area contributed by atoms with Gasteiger partial charge in [-0.25, -0.2) is 9.97 Å². The fourth-order valence-corrected chi connectivity index (χ4v) is 2.04. The summed E-state index contributed by atoms with van der Waals surface area (Å²) < 4.78 is 12.2. The third-order valence-electron chi connectivity index (χ3n) is 3.01. The van der Waals surface area contributed by atoms with Crippen LogP contribution in [0.2, 0.25) is 0 Å². The van der Waals surface area contributed by atoms with Crippen LogP contribution in [0.1, 0.15) is 0 Å². The first-order chi connectivity index (χ1) is 9.38. The molecule has 2 aromatic heterocycles. The molecule has 7 nitrogen and oxygen atoms in total. The maximum Gasteiger partial charge on any atom is 0.217 e. The summed E-state index contributed by atoms with van der Waals surface area (Å²) in [4.78, 5) is 10.7. The molecular formula is C12H15N5O2. The first-order valence-corrected chi connectivity index (χ1v) is 6.11. The summed E-state index contributed by atoms with van der Waals surface area (Å²) in [7, 11) is 1.61. The van der Waals surface area contributed by atoms with Crippen LogP contribution in [0.25, 0.3) is 5.82 Å². The fraction of sp³-hybridized carbons (Fsp3) is 0.417. The van der Waals surface area contributed by atoms with E-state index in [1.54, 1.807) is 30.4 Å². The smallest absolute Gasteiger partial charge is 0.217 e. The van der Waals surface area contributed by atoms with Gasteiger partial charge in [0.2, 0.25) is 5.88 Å². The van der Waals surface area contributed by atoms with E-state index in [-0.39, 0.29) is 0 Å². The molecule has 1 aliphatic rings. The molecule has 0 aliphatic carbocycles. The van der Waals surface area contributed by atoms with Gasteiger partial charge in [-0.05, 0) is 0 Å². The Morgan fingerprint density at radius 2 is 2.00 bits per heavy atom. The Kier molecular flexibility index (Phi) is 3.28. The van der Waals surface area contributed by atoms with Crippen molar-refractivity contribution in [3.05, 3.63) is 24.7 Å². The molecule has 0 saturated carbocycles. The van der Waals surface area contributed by atoms with Crippen molar-refractivity contribution in [1.29, 1.82) is 0 Å². The summed E-state index contributed by atoms with van der Waals surface area (Å²) in [6.07, 6.45) is 3.22. The Hall–Kier alpha value is -2.15. The van der Waals surface area contributed by atoms with E-state index in [1.807, 2.05) is 6.07 Å². The van der Waals surface area contributed by atoms with E-state index in [0.29, 0.717) is 11.7 Å². The van der Waals surface area contributed by atoms with Crippen LogP contribution in [-0.2, 0) is 4.74 Å². The van der Waals surface area contributed by atoms with Crippen LogP contribution in [-0.4, -0.2) is 53.2 Å². The van der Waals surface area contributed by atoms with E-state index >= 15 is 0 Å². The van der Waals surface area contributed by atoms with Crippen LogP contribution in [0, 0.1) is 0 Å². The van der Waals surface area contributed by atoms with Crippen LogP contribution < -0.4 is 9.64 Å². The molecule has 0 bridgehead atoms. The molecule has 0 amide bonds. The molecule has 2 aromatic rings. The minimum Gasteiger partial charge on any atom is -0.481 e. The Bertz CT molecular complexity index is 551. The van der Waals surface area contributed by atoms with Crippen molar-refractivity contribution in [2.24, 2.45) is 0 Å². The molecule has 3 heterocycles. The zero-order valence-corrected chi connectivity index (χ0v) is 10.7. The van der Waals surface area contributed by atoms with Crippen molar-refractivity contribution in [2.75, 3.05) is 38.3 Å². The van der Waals surface area contributed by atoms with Gasteiger partial charge in [-0.3, -0.25) is 0 Å². The predicted octanol–water partition coefficient (Wildman–Crippen LogP) is 0.507. The molecule has 19 heavy (non-hydrogen) atoms. The highest BCUT2D eigenvalue weighted by Crippen LogP contribution is 2.18.